The maximum atomic E-state index is 12.4. The highest BCUT2D eigenvalue weighted by Gasteiger charge is 2.23. The molecule has 0 saturated carbocycles. The molecule has 0 spiro atoms. The van der Waals surface area contributed by atoms with Crippen molar-refractivity contribution in [1.29, 1.82) is 0 Å². The van der Waals surface area contributed by atoms with Crippen LogP contribution in [0, 0.1) is 0 Å². The summed E-state index contributed by atoms with van der Waals surface area (Å²) in [7, 11) is 1.29. The Morgan fingerprint density at radius 1 is 0.800 bits per heavy atom. The van der Waals surface area contributed by atoms with Crippen molar-refractivity contribution in [3.8, 4) is 32.7 Å². The first-order valence-corrected chi connectivity index (χ1v) is 12.9. The number of hydrogen-bond acceptors (Lipinski definition) is 12. The van der Waals surface area contributed by atoms with Crippen LogP contribution in [0.2, 0.25) is 0 Å². The van der Waals surface area contributed by atoms with Crippen LogP contribution in [-0.2, 0) is 9.47 Å². The minimum absolute atomic E-state index is 0.150. The molecule has 0 aliphatic carbocycles. The SMILES string of the molecule is COC(=O)c1csc(-c2ccc(-c3nc(C(=O)OC(C)(C)C)cs3)nc2-c2csc(C(C)=O)n2)n1. The first-order valence-electron chi connectivity index (χ1n) is 10.3. The second-order valence-electron chi connectivity index (χ2n) is 8.26. The lowest BCUT2D eigenvalue weighted by atomic mass is 10.1. The predicted octanol–water partition coefficient (Wildman–Crippen LogP) is 5.40. The number of methoxy groups -OCH3 is 1. The summed E-state index contributed by atoms with van der Waals surface area (Å²) in [5.41, 5.74) is 1.88. The molecule has 0 radical (unpaired) electrons. The molecule has 0 fully saturated rings. The van der Waals surface area contributed by atoms with Gasteiger partial charge in [0, 0.05) is 28.6 Å². The van der Waals surface area contributed by atoms with Gasteiger partial charge >= 0.3 is 11.9 Å². The van der Waals surface area contributed by atoms with Gasteiger partial charge in [0.15, 0.2) is 22.2 Å². The fourth-order valence-corrected chi connectivity index (χ4v) is 5.18. The van der Waals surface area contributed by atoms with Gasteiger partial charge in [0.05, 0.1) is 12.8 Å². The molecule has 0 saturated heterocycles. The number of rotatable bonds is 6. The second kappa shape index (κ2) is 9.72. The van der Waals surface area contributed by atoms with Crippen molar-refractivity contribution in [1.82, 2.24) is 19.9 Å². The van der Waals surface area contributed by atoms with Crippen molar-refractivity contribution in [3.63, 3.8) is 0 Å². The van der Waals surface area contributed by atoms with Gasteiger partial charge in [-0.15, -0.1) is 34.0 Å². The van der Waals surface area contributed by atoms with E-state index in [1.165, 1.54) is 48.0 Å². The van der Waals surface area contributed by atoms with E-state index in [0.717, 1.165) is 0 Å². The van der Waals surface area contributed by atoms with Crippen LogP contribution in [0.1, 0.15) is 58.5 Å². The molecule has 0 aliphatic rings. The summed E-state index contributed by atoms with van der Waals surface area (Å²) in [5, 5.41) is 6.40. The summed E-state index contributed by atoms with van der Waals surface area (Å²) in [6.45, 7) is 6.82. The largest absolute Gasteiger partial charge is 0.464 e. The van der Waals surface area contributed by atoms with Crippen LogP contribution in [0.3, 0.4) is 0 Å². The topological polar surface area (TPSA) is 121 Å². The highest BCUT2D eigenvalue weighted by molar-refractivity contribution is 7.14. The number of carbonyl (C=O) groups excluding carboxylic acids is 3. The lowest BCUT2D eigenvalue weighted by Crippen LogP contribution is -2.24. The summed E-state index contributed by atoms with van der Waals surface area (Å²) in [5.74, 6) is -1.20. The van der Waals surface area contributed by atoms with E-state index in [-0.39, 0.29) is 17.2 Å². The third-order valence-electron chi connectivity index (χ3n) is 4.40. The van der Waals surface area contributed by atoms with Gasteiger partial charge in [0.2, 0.25) is 0 Å². The van der Waals surface area contributed by atoms with Crippen LogP contribution in [0.5, 0.6) is 0 Å². The van der Waals surface area contributed by atoms with Gasteiger partial charge in [0.25, 0.3) is 0 Å². The molecular formula is C23H20N4O5S3. The molecule has 12 heteroatoms. The highest BCUT2D eigenvalue weighted by Crippen LogP contribution is 2.36. The quantitative estimate of drug-likeness (QED) is 0.239. The van der Waals surface area contributed by atoms with Crippen molar-refractivity contribution < 1.29 is 23.9 Å². The molecule has 9 nitrogen and oxygen atoms in total. The van der Waals surface area contributed by atoms with E-state index in [1.54, 1.807) is 49.0 Å². The van der Waals surface area contributed by atoms with E-state index < -0.39 is 17.5 Å². The fraction of sp³-hybridized carbons (Fsp3) is 0.261. The van der Waals surface area contributed by atoms with Crippen LogP contribution in [-0.4, -0.2) is 50.4 Å². The molecule has 35 heavy (non-hydrogen) atoms. The number of carbonyl (C=O) groups is 3. The van der Waals surface area contributed by atoms with Gasteiger partial charge < -0.3 is 9.47 Å². The van der Waals surface area contributed by atoms with Crippen molar-refractivity contribution in [2.45, 2.75) is 33.3 Å². The molecule has 4 aromatic rings. The number of ether oxygens (including phenoxy) is 2. The normalized spacial score (nSPS) is 11.3. The Labute approximate surface area is 212 Å². The zero-order valence-corrected chi connectivity index (χ0v) is 21.9. The lowest BCUT2D eigenvalue weighted by molar-refractivity contribution is 0.00635. The van der Waals surface area contributed by atoms with E-state index >= 15 is 0 Å². The number of aromatic nitrogens is 4. The Balaban J connectivity index is 1.77. The Kier molecular flexibility index (Phi) is 6.88. The predicted molar refractivity (Wildman–Crippen MR) is 134 cm³/mol. The molecule has 0 aliphatic heterocycles. The fourth-order valence-electron chi connectivity index (χ4n) is 2.90. The maximum Gasteiger partial charge on any atom is 0.358 e. The molecule has 4 aromatic heterocycles. The zero-order valence-electron chi connectivity index (χ0n) is 19.4. The Morgan fingerprint density at radius 3 is 2.09 bits per heavy atom. The number of Topliss-reactive ketones (excluding diaryl/α,β-unsaturated/α-hetero) is 1. The van der Waals surface area contributed by atoms with Crippen LogP contribution >= 0.6 is 34.0 Å². The average Bonchev–Trinajstić information content (AvgIpc) is 3.57. The summed E-state index contributed by atoms with van der Waals surface area (Å²) in [4.78, 5) is 54.1. The van der Waals surface area contributed by atoms with Crippen LogP contribution in [0.25, 0.3) is 32.7 Å². The molecule has 4 heterocycles. The van der Waals surface area contributed by atoms with E-state index in [4.69, 9.17) is 14.5 Å². The number of thiazole rings is 3. The standard InChI is InChI=1S/C23H20N4O5S3/c1-11(28)18-25-14(8-33-18)17-12(19-26-15(9-34-19)21(29)31-5)6-7-13(24-17)20-27-16(10-35-20)22(30)32-23(2,3)4/h6-10H,1-5H3. The molecule has 0 N–H and O–H groups in total. The van der Waals surface area contributed by atoms with Crippen LogP contribution in [0.15, 0.2) is 28.3 Å². The van der Waals surface area contributed by atoms with E-state index in [1.807, 2.05) is 0 Å². The Bertz CT molecular complexity index is 1430. The molecule has 0 amide bonds. The highest BCUT2D eigenvalue weighted by atomic mass is 32.1. The van der Waals surface area contributed by atoms with Crippen LogP contribution in [0.4, 0.5) is 0 Å². The van der Waals surface area contributed by atoms with Gasteiger partial charge in [-0.2, -0.15) is 0 Å². The van der Waals surface area contributed by atoms with Gasteiger partial charge in [-0.3, -0.25) is 4.79 Å². The van der Waals surface area contributed by atoms with Crippen molar-refractivity contribution >= 4 is 51.7 Å². The monoisotopic (exact) mass is 528 g/mol. The van der Waals surface area contributed by atoms with E-state index in [9.17, 15) is 14.4 Å². The summed E-state index contributed by atoms with van der Waals surface area (Å²) in [6.07, 6.45) is 0. The average molecular weight is 529 g/mol. The molecule has 0 unspecified atom stereocenters. The first-order chi connectivity index (χ1) is 16.6. The number of ketones is 1. The smallest absolute Gasteiger partial charge is 0.358 e. The number of esters is 2. The van der Waals surface area contributed by atoms with Crippen LogP contribution < -0.4 is 0 Å². The molecule has 4 rings (SSSR count). The molecule has 0 aromatic carbocycles. The summed E-state index contributed by atoms with van der Waals surface area (Å²) in [6, 6.07) is 3.56. The molecular weight excluding hydrogens is 508 g/mol. The maximum absolute atomic E-state index is 12.4. The third-order valence-corrected chi connectivity index (χ3v) is 7.09. The van der Waals surface area contributed by atoms with Gasteiger partial charge in [0.1, 0.15) is 27.0 Å². The number of nitrogens with zero attached hydrogens (tertiary/aromatic N) is 4. The van der Waals surface area contributed by atoms with Gasteiger partial charge in [-0.25, -0.2) is 29.5 Å². The van der Waals surface area contributed by atoms with Crippen molar-refractivity contribution in [2.24, 2.45) is 0 Å². The lowest BCUT2D eigenvalue weighted by Gasteiger charge is -2.18. The Hall–Kier alpha value is -3.35. The number of pyridine rings is 1. The third kappa shape index (κ3) is 5.50. The summed E-state index contributed by atoms with van der Waals surface area (Å²) < 4.78 is 10.2. The molecule has 0 atom stereocenters. The number of hydrogen-bond donors (Lipinski definition) is 0. The minimum atomic E-state index is -0.635. The summed E-state index contributed by atoms with van der Waals surface area (Å²) >= 11 is 3.75. The van der Waals surface area contributed by atoms with E-state index in [0.29, 0.717) is 37.7 Å². The molecule has 180 valence electrons. The minimum Gasteiger partial charge on any atom is -0.464 e. The second-order valence-corrected chi connectivity index (χ2v) is 10.8. The Morgan fingerprint density at radius 2 is 1.46 bits per heavy atom. The first kappa shape index (κ1) is 24.8. The van der Waals surface area contributed by atoms with Crippen molar-refractivity contribution in [3.05, 3.63) is 44.7 Å². The van der Waals surface area contributed by atoms with E-state index in [2.05, 4.69) is 15.0 Å². The van der Waals surface area contributed by atoms with Gasteiger partial charge in [-0.1, -0.05) is 0 Å². The van der Waals surface area contributed by atoms with Crippen molar-refractivity contribution in [2.75, 3.05) is 7.11 Å². The zero-order chi connectivity index (χ0) is 25.3. The molecule has 0 bridgehead atoms. The van der Waals surface area contributed by atoms with Gasteiger partial charge in [-0.05, 0) is 32.9 Å².